The standard InChI is InChI=1S/C17H25NO2/c1-5-20-16(19)17(4,18-15-10-11-15)14-8-6-13(7-9-14)12(2)3/h6-9,12,15,18H,5,10-11H2,1-4H3. The van der Waals surface area contributed by atoms with E-state index in [0.29, 0.717) is 18.6 Å². The number of hydrogen-bond acceptors (Lipinski definition) is 3. The molecule has 0 aromatic heterocycles. The molecule has 0 heterocycles. The minimum atomic E-state index is -0.743. The Hall–Kier alpha value is -1.35. The monoisotopic (exact) mass is 275 g/mol. The molecular formula is C17H25NO2. The van der Waals surface area contributed by atoms with E-state index >= 15 is 0 Å². The third kappa shape index (κ3) is 3.21. The summed E-state index contributed by atoms with van der Waals surface area (Å²) < 4.78 is 5.27. The van der Waals surface area contributed by atoms with Crippen molar-refractivity contribution < 1.29 is 9.53 Å². The Bertz CT molecular complexity index is 462. The molecule has 1 aliphatic carbocycles. The van der Waals surface area contributed by atoms with Crippen LogP contribution in [-0.4, -0.2) is 18.6 Å². The van der Waals surface area contributed by atoms with Crippen molar-refractivity contribution in [3.8, 4) is 0 Å². The van der Waals surface area contributed by atoms with E-state index in [1.165, 1.54) is 5.56 Å². The quantitative estimate of drug-likeness (QED) is 0.809. The number of hydrogen-bond donors (Lipinski definition) is 1. The van der Waals surface area contributed by atoms with Crippen LogP contribution in [0.25, 0.3) is 0 Å². The third-order valence-electron chi connectivity index (χ3n) is 3.91. The predicted octanol–water partition coefficient (Wildman–Crippen LogP) is 3.34. The van der Waals surface area contributed by atoms with Gasteiger partial charge in [-0.3, -0.25) is 5.32 Å². The summed E-state index contributed by atoms with van der Waals surface area (Å²) in [6.07, 6.45) is 2.28. The Morgan fingerprint density at radius 2 is 1.95 bits per heavy atom. The molecule has 3 nitrogen and oxygen atoms in total. The van der Waals surface area contributed by atoms with Crippen LogP contribution in [0.4, 0.5) is 0 Å². The molecule has 1 aromatic rings. The second-order valence-corrected chi connectivity index (χ2v) is 6.04. The normalized spacial score (nSPS) is 17.9. The molecule has 0 radical (unpaired) electrons. The van der Waals surface area contributed by atoms with Crippen molar-refractivity contribution >= 4 is 5.97 Å². The van der Waals surface area contributed by atoms with E-state index in [1.54, 1.807) is 0 Å². The summed E-state index contributed by atoms with van der Waals surface area (Å²) in [5.41, 5.74) is 1.52. The van der Waals surface area contributed by atoms with Crippen molar-refractivity contribution in [3.63, 3.8) is 0 Å². The Kier molecular flexibility index (Phi) is 4.48. The average molecular weight is 275 g/mol. The van der Waals surface area contributed by atoms with E-state index < -0.39 is 5.54 Å². The zero-order chi connectivity index (χ0) is 14.8. The molecule has 110 valence electrons. The summed E-state index contributed by atoms with van der Waals surface area (Å²) in [5, 5.41) is 3.44. The van der Waals surface area contributed by atoms with Gasteiger partial charge in [0, 0.05) is 6.04 Å². The highest BCUT2D eigenvalue weighted by molar-refractivity contribution is 5.82. The van der Waals surface area contributed by atoms with Gasteiger partial charge in [0.2, 0.25) is 0 Å². The fourth-order valence-electron chi connectivity index (χ4n) is 2.37. The lowest BCUT2D eigenvalue weighted by atomic mass is 9.89. The van der Waals surface area contributed by atoms with Crippen LogP contribution >= 0.6 is 0 Å². The molecule has 1 aliphatic rings. The van der Waals surface area contributed by atoms with Gasteiger partial charge in [0.1, 0.15) is 5.54 Å². The largest absolute Gasteiger partial charge is 0.464 e. The second-order valence-electron chi connectivity index (χ2n) is 6.04. The summed E-state index contributed by atoms with van der Waals surface area (Å²) in [6, 6.07) is 8.73. The molecule has 0 spiro atoms. The van der Waals surface area contributed by atoms with Gasteiger partial charge in [0.25, 0.3) is 0 Å². The zero-order valence-corrected chi connectivity index (χ0v) is 12.9. The van der Waals surface area contributed by atoms with E-state index in [4.69, 9.17) is 4.74 Å². The minimum absolute atomic E-state index is 0.191. The summed E-state index contributed by atoms with van der Waals surface area (Å²) in [4.78, 5) is 12.4. The second kappa shape index (κ2) is 5.96. The van der Waals surface area contributed by atoms with Crippen molar-refractivity contribution in [2.45, 2.75) is 58.0 Å². The van der Waals surface area contributed by atoms with Gasteiger partial charge in [0.15, 0.2) is 0 Å². The first-order valence-electron chi connectivity index (χ1n) is 7.52. The number of carbonyl (C=O) groups excluding carboxylic acids is 1. The maximum Gasteiger partial charge on any atom is 0.330 e. The Balaban J connectivity index is 2.27. The molecule has 0 aliphatic heterocycles. The lowest BCUT2D eigenvalue weighted by Crippen LogP contribution is -2.48. The number of benzene rings is 1. The number of nitrogens with one attached hydrogen (secondary N) is 1. The minimum Gasteiger partial charge on any atom is -0.464 e. The molecule has 0 amide bonds. The molecule has 1 atom stereocenters. The summed E-state index contributed by atoms with van der Waals surface area (Å²) in [7, 11) is 0. The topological polar surface area (TPSA) is 38.3 Å². The van der Waals surface area contributed by atoms with Crippen molar-refractivity contribution in [1.82, 2.24) is 5.32 Å². The molecule has 0 saturated heterocycles. The lowest BCUT2D eigenvalue weighted by Gasteiger charge is -2.29. The predicted molar refractivity (Wildman–Crippen MR) is 80.7 cm³/mol. The molecule has 3 heteroatoms. The Morgan fingerprint density at radius 3 is 2.40 bits per heavy atom. The van der Waals surface area contributed by atoms with Gasteiger partial charge in [-0.25, -0.2) is 4.79 Å². The molecule has 1 fully saturated rings. The fourth-order valence-corrected chi connectivity index (χ4v) is 2.37. The third-order valence-corrected chi connectivity index (χ3v) is 3.91. The molecule has 20 heavy (non-hydrogen) atoms. The van der Waals surface area contributed by atoms with Crippen molar-refractivity contribution in [1.29, 1.82) is 0 Å². The average Bonchev–Trinajstić information content (AvgIpc) is 3.22. The number of esters is 1. The molecule has 0 bridgehead atoms. The van der Waals surface area contributed by atoms with Crippen LogP contribution in [0.5, 0.6) is 0 Å². The zero-order valence-electron chi connectivity index (χ0n) is 12.9. The van der Waals surface area contributed by atoms with Crippen LogP contribution in [-0.2, 0) is 15.1 Å². The summed E-state index contributed by atoms with van der Waals surface area (Å²) in [6.45, 7) is 8.51. The van der Waals surface area contributed by atoms with Gasteiger partial charge >= 0.3 is 5.97 Å². The highest BCUT2D eigenvalue weighted by Crippen LogP contribution is 2.30. The van der Waals surface area contributed by atoms with Gasteiger partial charge in [-0.2, -0.15) is 0 Å². The summed E-state index contributed by atoms with van der Waals surface area (Å²) >= 11 is 0. The van der Waals surface area contributed by atoms with Crippen molar-refractivity contribution in [2.24, 2.45) is 0 Å². The molecule has 1 N–H and O–H groups in total. The van der Waals surface area contributed by atoms with E-state index in [-0.39, 0.29) is 5.97 Å². The van der Waals surface area contributed by atoms with Crippen LogP contribution in [0, 0.1) is 0 Å². The van der Waals surface area contributed by atoms with Gasteiger partial charge in [0.05, 0.1) is 6.61 Å². The molecule has 1 unspecified atom stereocenters. The highest BCUT2D eigenvalue weighted by Gasteiger charge is 2.41. The highest BCUT2D eigenvalue weighted by atomic mass is 16.5. The Labute approximate surface area is 121 Å². The first-order chi connectivity index (χ1) is 9.47. The van der Waals surface area contributed by atoms with Crippen molar-refractivity contribution in [2.75, 3.05) is 6.61 Å². The summed E-state index contributed by atoms with van der Waals surface area (Å²) in [5.74, 6) is 0.304. The van der Waals surface area contributed by atoms with E-state index in [0.717, 1.165) is 18.4 Å². The smallest absolute Gasteiger partial charge is 0.330 e. The van der Waals surface area contributed by atoms with Gasteiger partial charge in [-0.15, -0.1) is 0 Å². The van der Waals surface area contributed by atoms with E-state index in [1.807, 2.05) is 26.0 Å². The fraction of sp³-hybridized carbons (Fsp3) is 0.588. The lowest BCUT2D eigenvalue weighted by molar-refractivity contribution is -0.151. The number of ether oxygens (including phenoxy) is 1. The van der Waals surface area contributed by atoms with Crippen LogP contribution < -0.4 is 5.32 Å². The van der Waals surface area contributed by atoms with E-state index in [9.17, 15) is 4.79 Å². The van der Waals surface area contributed by atoms with Crippen molar-refractivity contribution in [3.05, 3.63) is 35.4 Å². The van der Waals surface area contributed by atoms with Crippen LogP contribution in [0.3, 0.4) is 0 Å². The molecule has 1 aromatic carbocycles. The van der Waals surface area contributed by atoms with Gasteiger partial charge in [-0.05, 0) is 43.7 Å². The van der Waals surface area contributed by atoms with Crippen LogP contribution in [0.2, 0.25) is 0 Å². The molecule has 2 rings (SSSR count). The Morgan fingerprint density at radius 1 is 1.35 bits per heavy atom. The SMILES string of the molecule is CCOC(=O)C(C)(NC1CC1)c1ccc(C(C)C)cc1. The van der Waals surface area contributed by atoms with Crippen LogP contribution in [0.1, 0.15) is 57.6 Å². The number of rotatable bonds is 6. The first kappa shape index (κ1) is 15.0. The van der Waals surface area contributed by atoms with Gasteiger partial charge < -0.3 is 4.74 Å². The number of carbonyl (C=O) groups is 1. The maximum atomic E-state index is 12.4. The van der Waals surface area contributed by atoms with Gasteiger partial charge in [-0.1, -0.05) is 38.1 Å². The maximum absolute atomic E-state index is 12.4. The van der Waals surface area contributed by atoms with E-state index in [2.05, 4.69) is 31.3 Å². The van der Waals surface area contributed by atoms with Crippen LogP contribution in [0.15, 0.2) is 24.3 Å². The first-order valence-corrected chi connectivity index (χ1v) is 7.52. The molecule has 1 saturated carbocycles. The molecular weight excluding hydrogens is 250 g/mol.